The van der Waals surface area contributed by atoms with Gasteiger partial charge in [-0.15, -0.1) is 0 Å². The number of benzene rings is 1. The van der Waals surface area contributed by atoms with Crippen LogP contribution in [0, 0.1) is 5.92 Å². The van der Waals surface area contributed by atoms with E-state index < -0.39 is 0 Å². The second-order valence-electron chi connectivity index (χ2n) is 8.19. The lowest BCUT2D eigenvalue weighted by Crippen LogP contribution is -2.23. The largest absolute Gasteiger partial charge is 0.0940 e. The number of aryl methyl sites for hydroxylation is 1. The fourth-order valence-corrected chi connectivity index (χ4v) is 4.47. The number of nitrogens with zero attached hydrogens (tertiary/aromatic N) is 6. The van der Waals surface area contributed by atoms with Crippen LogP contribution in [0.25, 0.3) is 20.9 Å². The molecule has 6 heteroatoms. The molecule has 6 nitrogen and oxygen atoms in total. The summed E-state index contributed by atoms with van der Waals surface area (Å²) < 4.78 is 0. The van der Waals surface area contributed by atoms with Gasteiger partial charge in [0.1, 0.15) is 0 Å². The van der Waals surface area contributed by atoms with E-state index in [4.69, 9.17) is 11.1 Å². The number of rotatable bonds is 12. The van der Waals surface area contributed by atoms with Gasteiger partial charge in [0.15, 0.2) is 0 Å². The van der Waals surface area contributed by atoms with Crippen molar-refractivity contribution in [3.63, 3.8) is 0 Å². The van der Waals surface area contributed by atoms with Gasteiger partial charge in [-0.05, 0) is 84.0 Å². The predicted octanol–water partition coefficient (Wildman–Crippen LogP) is 7.03. The summed E-state index contributed by atoms with van der Waals surface area (Å²) in [5.74, 6) is 0.659. The molecular formula is C21H32N6. The molecule has 1 aromatic rings. The second kappa shape index (κ2) is 10.9. The molecule has 0 N–H and O–H groups in total. The van der Waals surface area contributed by atoms with Crippen LogP contribution in [-0.2, 0) is 18.3 Å². The number of hydrogen-bond acceptors (Lipinski definition) is 2. The normalized spacial score (nSPS) is 18.0. The summed E-state index contributed by atoms with van der Waals surface area (Å²) in [4.78, 5) is 5.72. The Kier molecular flexibility index (Phi) is 8.50. The van der Waals surface area contributed by atoms with Gasteiger partial charge in [0, 0.05) is 22.9 Å². The van der Waals surface area contributed by atoms with Gasteiger partial charge < -0.3 is 0 Å². The van der Waals surface area contributed by atoms with Crippen LogP contribution in [0.1, 0.15) is 75.5 Å². The molecule has 1 aliphatic carbocycles. The molecule has 0 saturated carbocycles. The van der Waals surface area contributed by atoms with Crippen molar-refractivity contribution >= 4 is 0 Å². The molecule has 0 atom stereocenters. The lowest BCUT2D eigenvalue weighted by molar-refractivity contribution is 0.337. The molecule has 0 unspecified atom stereocenters. The zero-order valence-electron chi connectivity index (χ0n) is 16.8. The van der Waals surface area contributed by atoms with Crippen LogP contribution >= 0.6 is 0 Å². The Labute approximate surface area is 162 Å². The Morgan fingerprint density at radius 1 is 1.00 bits per heavy atom. The Bertz CT molecular complexity index is 673. The first-order chi connectivity index (χ1) is 13.1. The molecule has 2 rings (SSSR count). The third-order valence-corrected chi connectivity index (χ3v) is 5.72. The Morgan fingerprint density at radius 3 is 2.19 bits per heavy atom. The van der Waals surface area contributed by atoms with Crippen LogP contribution in [0.5, 0.6) is 0 Å². The van der Waals surface area contributed by atoms with Crippen LogP contribution in [0.3, 0.4) is 0 Å². The van der Waals surface area contributed by atoms with E-state index in [0.29, 0.717) is 19.0 Å². The number of fused-ring (bicyclic) bond motifs is 1. The quantitative estimate of drug-likeness (QED) is 0.164. The van der Waals surface area contributed by atoms with Gasteiger partial charge >= 0.3 is 0 Å². The molecule has 0 spiro atoms. The van der Waals surface area contributed by atoms with Crippen molar-refractivity contribution < 1.29 is 0 Å². The van der Waals surface area contributed by atoms with E-state index in [1.54, 1.807) is 5.56 Å². The summed E-state index contributed by atoms with van der Waals surface area (Å²) in [6.07, 6.45) is 9.85. The molecule has 0 amide bonds. The average molecular weight is 369 g/mol. The first-order valence-electron chi connectivity index (χ1n) is 10.3. The van der Waals surface area contributed by atoms with Crippen molar-refractivity contribution in [2.24, 2.45) is 16.1 Å². The summed E-state index contributed by atoms with van der Waals surface area (Å²) in [5.41, 5.74) is 21.7. The van der Waals surface area contributed by atoms with Gasteiger partial charge in [-0.25, -0.2) is 0 Å². The standard InChI is InChI=1S/C21H32N6/c1-17(2)15-18-7-8-19-9-12-21(20(19)16-18,10-3-5-13-24-26-22)11-4-6-14-25-27-23/h7-8,16-17H,3-6,9-15H2,1-2H3. The summed E-state index contributed by atoms with van der Waals surface area (Å²) in [6.45, 7) is 5.71. The van der Waals surface area contributed by atoms with E-state index in [1.807, 2.05) is 0 Å². The maximum Gasteiger partial charge on any atom is 0.0257 e. The van der Waals surface area contributed by atoms with Crippen LogP contribution in [0.15, 0.2) is 28.4 Å². The zero-order valence-corrected chi connectivity index (χ0v) is 16.8. The van der Waals surface area contributed by atoms with Crippen LogP contribution in [0.4, 0.5) is 0 Å². The van der Waals surface area contributed by atoms with E-state index in [1.165, 1.54) is 17.5 Å². The maximum atomic E-state index is 8.47. The van der Waals surface area contributed by atoms with Gasteiger partial charge in [0.05, 0.1) is 0 Å². The smallest absolute Gasteiger partial charge is 0.0257 e. The van der Waals surface area contributed by atoms with E-state index in [-0.39, 0.29) is 5.41 Å². The molecule has 0 bridgehead atoms. The lowest BCUT2D eigenvalue weighted by Gasteiger charge is -2.31. The van der Waals surface area contributed by atoms with Gasteiger partial charge in [0.2, 0.25) is 0 Å². The summed E-state index contributed by atoms with van der Waals surface area (Å²) in [5, 5.41) is 7.36. The van der Waals surface area contributed by atoms with Crippen LogP contribution < -0.4 is 0 Å². The molecule has 0 aromatic heterocycles. The minimum absolute atomic E-state index is 0.231. The molecule has 0 aliphatic heterocycles. The molecule has 1 aromatic carbocycles. The molecule has 27 heavy (non-hydrogen) atoms. The molecule has 0 radical (unpaired) electrons. The highest BCUT2D eigenvalue weighted by atomic mass is 15.1. The van der Waals surface area contributed by atoms with E-state index in [2.05, 4.69) is 52.1 Å². The van der Waals surface area contributed by atoms with Crippen molar-refractivity contribution in [3.8, 4) is 0 Å². The molecule has 0 saturated heterocycles. The first kappa shape index (κ1) is 21.1. The topological polar surface area (TPSA) is 97.5 Å². The molecular weight excluding hydrogens is 336 g/mol. The molecule has 0 heterocycles. The highest BCUT2D eigenvalue weighted by molar-refractivity contribution is 5.42. The maximum absolute atomic E-state index is 8.47. The molecule has 0 fully saturated rings. The first-order valence-corrected chi connectivity index (χ1v) is 10.3. The summed E-state index contributed by atoms with van der Waals surface area (Å²) >= 11 is 0. The molecule has 1 aliphatic rings. The van der Waals surface area contributed by atoms with Crippen molar-refractivity contribution in [1.82, 2.24) is 0 Å². The van der Waals surface area contributed by atoms with Crippen molar-refractivity contribution in [2.75, 3.05) is 13.1 Å². The lowest BCUT2D eigenvalue weighted by atomic mass is 9.73. The monoisotopic (exact) mass is 368 g/mol. The third-order valence-electron chi connectivity index (χ3n) is 5.72. The van der Waals surface area contributed by atoms with E-state index >= 15 is 0 Å². The number of azide groups is 2. The molecule has 146 valence electrons. The van der Waals surface area contributed by atoms with Gasteiger partial charge in [0.25, 0.3) is 0 Å². The van der Waals surface area contributed by atoms with Crippen molar-refractivity contribution in [2.45, 2.75) is 77.0 Å². The van der Waals surface area contributed by atoms with Crippen molar-refractivity contribution in [1.29, 1.82) is 0 Å². The van der Waals surface area contributed by atoms with Crippen molar-refractivity contribution in [3.05, 3.63) is 55.8 Å². The Morgan fingerprint density at radius 2 is 1.63 bits per heavy atom. The highest BCUT2D eigenvalue weighted by Crippen LogP contribution is 2.46. The third kappa shape index (κ3) is 6.20. The van der Waals surface area contributed by atoms with Crippen LogP contribution in [-0.4, -0.2) is 13.1 Å². The number of unbranched alkanes of at least 4 members (excludes halogenated alkanes) is 2. The Hall–Kier alpha value is -2.16. The van der Waals surface area contributed by atoms with Gasteiger partial charge in [-0.1, -0.05) is 55.1 Å². The van der Waals surface area contributed by atoms with E-state index in [0.717, 1.165) is 51.4 Å². The van der Waals surface area contributed by atoms with E-state index in [9.17, 15) is 0 Å². The Balaban J connectivity index is 2.14. The van der Waals surface area contributed by atoms with Crippen LogP contribution in [0.2, 0.25) is 0 Å². The number of hydrogen-bond donors (Lipinski definition) is 0. The second-order valence-corrected chi connectivity index (χ2v) is 8.19. The fourth-order valence-electron chi connectivity index (χ4n) is 4.47. The van der Waals surface area contributed by atoms with Gasteiger partial charge in [-0.3, -0.25) is 0 Å². The minimum Gasteiger partial charge on any atom is -0.0940 e. The van der Waals surface area contributed by atoms with Gasteiger partial charge in [-0.2, -0.15) is 0 Å². The summed E-state index contributed by atoms with van der Waals surface area (Å²) in [7, 11) is 0. The minimum atomic E-state index is 0.231. The highest BCUT2D eigenvalue weighted by Gasteiger charge is 2.37. The summed E-state index contributed by atoms with van der Waals surface area (Å²) in [6, 6.07) is 7.11. The predicted molar refractivity (Wildman–Crippen MR) is 111 cm³/mol. The SMILES string of the molecule is CC(C)Cc1ccc2c(c1)C(CCCCN=[N+]=[N-])(CCCCN=[N+]=[N-])CC2. The average Bonchev–Trinajstić information content (AvgIpc) is 2.99. The zero-order chi connectivity index (χ0) is 19.5. The fraction of sp³-hybridized carbons (Fsp3) is 0.714.